The largest absolute Gasteiger partial charge is 0.439 e. The molecule has 5 aromatic rings. The minimum Gasteiger partial charge on any atom is -0.439 e. The SMILES string of the molecule is CCc1cnc2ccc(NC3=NCC(C)(C)N3)cc2c1Nc1ccc(Oc2cc3nncn3cn2)c(C)c1. The van der Waals surface area contributed by atoms with Gasteiger partial charge in [0.05, 0.1) is 23.3 Å². The number of rotatable bonds is 6. The molecule has 0 bridgehead atoms. The van der Waals surface area contributed by atoms with E-state index in [1.165, 1.54) is 0 Å². The first-order valence-corrected chi connectivity index (χ1v) is 12.6. The zero-order chi connectivity index (χ0) is 26.3. The lowest BCUT2D eigenvalue weighted by atomic mass is 10.1. The van der Waals surface area contributed by atoms with Gasteiger partial charge < -0.3 is 20.7 Å². The van der Waals surface area contributed by atoms with Crippen molar-refractivity contribution in [3.05, 3.63) is 72.4 Å². The van der Waals surface area contributed by atoms with Gasteiger partial charge in [-0.3, -0.25) is 14.4 Å². The lowest BCUT2D eigenvalue weighted by Gasteiger charge is -2.19. The van der Waals surface area contributed by atoms with Crippen LogP contribution in [0.4, 0.5) is 17.1 Å². The molecule has 1 aliphatic rings. The van der Waals surface area contributed by atoms with Crippen molar-refractivity contribution in [2.45, 2.75) is 39.7 Å². The van der Waals surface area contributed by atoms with Crippen molar-refractivity contribution >= 4 is 39.6 Å². The van der Waals surface area contributed by atoms with Crippen LogP contribution in [0.25, 0.3) is 16.6 Å². The Kier molecular flexibility index (Phi) is 5.79. The molecule has 0 amide bonds. The van der Waals surface area contributed by atoms with Crippen molar-refractivity contribution in [2.24, 2.45) is 4.99 Å². The molecule has 0 radical (unpaired) electrons. The summed E-state index contributed by atoms with van der Waals surface area (Å²) in [4.78, 5) is 13.6. The predicted molar refractivity (Wildman–Crippen MR) is 150 cm³/mol. The average Bonchev–Trinajstić information content (AvgIpc) is 3.51. The molecule has 10 nitrogen and oxygen atoms in total. The Morgan fingerprint density at radius 3 is 2.66 bits per heavy atom. The van der Waals surface area contributed by atoms with Crippen molar-refractivity contribution < 1.29 is 4.74 Å². The smallest absolute Gasteiger partial charge is 0.224 e. The maximum Gasteiger partial charge on any atom is 0.224 e. The lowest BCUT2D eigenvalue weighted by molar-refractivity contribution is 0.458. The average molecular weight is 508 g/mol. The number of ether oxygens (including phenoxy) is 1. The fraction of sp³-hybridized carbons (Fsp3) is 0.250. The Bertz CT molecular complexity index is 1690. The van der Waals surface area contributed by atoms with Gasteiger partial charge in [0.1, 0.15) is 18.4 Å². The van der Waals surface area contributed by atoms with Crippen molar-refractivity contribution in [3.8, 4) is 11.6 Å². The lowest BCUT2D eigenvalue weighted by Crippen LogP contribution is -2.42. The first-order chi connectivity index (χ1) is 18.4. The Balaban J connectivity index is 1.28. The number of benzene rings is 2. The summed E-state index contributed by atoms with van der Waals surface area (Å²) in [5.74, 6) is 1.97. The Morgan fingerprint density at radius 2 is 1.87 bits per heavy atom. The van der Waals surface area contributed by atoms with E-state index in [0.717, 1.165) is 63.8 Å². The van der Waals surface area contributed by atoms with Gasteiger partial charge in [0, 0.05) is 29.0 Å². The Labute approximate surface area is 220 Å². The van der Waals surface area contributed by atoms with E-state index in [4.69, 9.17) is 9.72 Å². The molecular formula is C28H29N9O. The highest BCUT2D eigenvalue weighted by Gasteiger charge is 2.24. The van der Waals surface area contributed by atoms with Gasteiger partial charge >= 0.3 is 0 Å². The minimum atomic E-state index is -0.0458. The molecule has 0 saturated carbocycles. The van der Waals surface area contributed by atoms with Crippen LogP contribution in [0.2, 0.25) is 0 Å². The molecule has 38 heavy (non-hydrogen) atoms. The molecule has 1 aliphatic heterocycles. The van der Waals surface area contributed by atoms with Crippen molar-refractivity contribution in [1.82, 2.24) is 29.9 Å². The zero-order valence-corrected chi connectivity index (χ0v) is 21.8. The first kappa shape index (κ1) is 23.7. The third-order valence-corrected chi connectivity index (χ3v) is 6.50. The van der Waals surface area contributed by atoms with Gasteiger partial charge in [-0.25, -0.2) is 4.98 Å². The highest BCUT2D eigenvalue weighted by atomic mass is 16.5. The van der Waals surface area contributed by atoms with Crippen LogP contribution >= 0.6 is 0 Å². The van der Waals surface area contributed by atoms with Crippen LogP contribution in [-0.4, -0.2) is 42.6 Å². The molecule has 3 aromatic heterocycles. The molecule has 0 atom stereocenters. The molecule has 6 rings (SSSR count). The number of fused-ring (bicyclic) bond motifs is 2. The molecule has 0 spiro atoms. The van der Waals surface area contributed by atoms with Crippen molar-refractivity contribution in [1.29, 1.82) is 0 Å². The molecule has 0 fully saturated rings. The summed E-state index contributed by atoms with van der Waals surface area (Å²) in [7, 11) is 0. The van der Waals surface area contributed by atoms with Crippen molar-refractivity contribution in [3.63, 3.8) is 0 Å². The Morgan fingerprint density at radius 1 is 1.03 bits per heavy atom. The number of aliphatic imine (C=N–C) groups is 1. The highest BCUT2D eigenvalue weighted by molar-refractivity contribution is 6.01. The number of nitrogens with one attached hydrogen (secondary N) is 3. The van der Waals surface area contributed by atoms with Crippen LogP contribution in [0, 0.1) is 6.92 Å². The normalized spacial score (nSPS) is 14.4. The molecule has 0 saturated heterocycles. The third kappa shape index (κ3) is 4.68. The maximum atomic E-state index is 6.05. The molecule has 3 N–H and O–H groups in total. The monoisotopic (exact) mass is 507 g/mol. The number of aromatic nitrogens is 5. The van der Waals surface area contributed by atoms with Crippen LogP contribution in [0.1, 0.15) is 31.9 Å². The van der Waals surface area contributed by atoms with E-state index in [-0.39, 0.29) is 5.54 Å². The van der Waals surface area contributed by atoms with Crippen LogP contribution in [0.5, 0.6) is 11.6 Å². The topological polar surface area (TPSA) is 114 Å². The van der Waals surface area contributed by atoms with E-state index >= 15 is 0 Å². The van der Waals surface area contributed by atoms with E-state index in [1.807, 2.05) is 37.4 Å². The molecular weight excluding hydrogens is 478 g/mol. The molecule has 192 valence electrons. The summed E-state index contributed by atoms with van der Waals surface area (Å²) in [6.45, 7) is 9.16. The molecule has 0 unspecified atom stereocenters. The van der Waals surface area contributed by atoms with E-state index in [0.29, 0.717) is 11.5 Å². The maximum absolute atomic E-state index is 6.05. The number of hydrogen-bond acceptors (Lipinski definition) is 9. The van der Waals surface area contributed by atoms with Gasteiger partial charge in [0.15, 0.2) is 11.6 Å². The summed E-state index contributed by atoms with van der Waals surface area (Å²) in [6.07, 6.45) is 6.03. The zero-order valence-electron chi connectivity index (χ0n) is 21.8. The van der Waals surface area contributed by atoms with Gasteiger partial charge in [0.25, 0.3) is 0 Å². The number of anilines is 3. The number of pyridine rings is 1. The van der Waals surface area contributed by atoms with Crippen LogP contribution < -0.4 is 20.7 Å². The summed E-state index contributed by atoms with van der Waals surface area (Å²) in [5, 5.41) is 19.5. The second-order valence-corrected chi connectivity index (χ2v) is 10.1. The van der Waals surface area contributed by atoms with Gasteiger partial charge in [-0.05, 0) is 74.7 Å². The highest BCUT2D eigenvalue weighted by Crippen LogP contribution is 2.33. The van der Waals surface area contributed by atoms with E-state index in [2.05, 4.69) is 69.0 Å². The summed E-state index contributed by atoms with van der Waals surface area (Å²) < 4.78 is 7.78. The summed E-state index contributed by atoms with van der Waals surface area (Å²) in [6, 6.07) is 14.0. The van der Waals surface area contributed by atoms with E-state index in [1.54, 1.807) is 23.1 Å². The molecule has 2 aromatic carbocycles. The standard InChI is InChI=1S/C28H29N9O/c1-5-18-13-29-22-8-6-20(34-27-30-14-28(3,4)35-27)11-21(22)26(18)33-19-7-9-23(17(2)10-19)38-25-12-24-36-32-16-37(24)15-31-25/h6-13,15-16H,5,14H2,1-4H3,(H,29,33)(H2,30,34,35). The molecule has 4 heterocycles. The number of guanidine groups is 1. The molecule has 10 heteroatoms. The summed E-state index contributed by atoms with van der Waals surface area (Å²) in [5.41, 5.74) is 6.61. The third-order valence-electron chi connectivity index (χ3n) is 6.50. The number of hydrogen-bond donors (Lipinski definition) is 3. The number of aryl methyl sites for hydroxylation is 2. The van der Waals surface area contributed by atoms with Gasteiger partial charge in [-0.15, -0.1) is 10.2 Å². The minimum absolute atomic E-state index is 0.0458. The predicted octanol–water partition coefficient (Wildman–Crippen LogP) is 5.23. The van der Waals surface area contributed by atoms with Gasteiger partial charge in [-0.1, -0.05) is 6.92 Å². The van der Waals surface area contributed by atoms with Crippen LogP contribution in [0.3, 0.4) is 0 Å². The fourth-order valence-corrected chi connectivity index (χ4v) is 4.48. The Hall–Kier alpha value is -4.73. The fourth-order valence-electron chi connectivity index (χ4n) is 4.48. The van der Waals surface area contributed by atoms with Crippen LogP contribution in [0.15, 0.2) is 66.3 Å². The first-order valence-electron chi connectivity index (χ1n) is 12.6. The van der Waals surface area contributed by atoms with E-state index < -0.39 is 0 Å². The quantitative estimate of drug-likeness (QED) is 0.286. The number of nitrogens with zero attached hydrogens (tertiary/aromatic N) is 6. The van der Waals surface area contributed by atoms with Crippen molar-refractivity contribution in [2.75, 3.05) is 17.2 Å². The van der Waals surface area contributed by atoms with Crippen LogP contribution in [-0.2, 0) is 6.42 Å². The second kappa shape index (κ2) is 9.29. The van der Waals surface area contributed by atoms with Gasteiger partial charge in [-0.2, -0.15) is 0 Å². The van der Waals surface area contributed by atoms with Gasteiger partial charge in [0.2, 0.25) is 5.88 Å². The second-order valence-electron chi connectivity index (χ2n) is 10.1. The molecule has 0 aliphatic carbocycles. The summed E-state index contributed by atoms with van der Waals surface area (Å²) >= 11 is 0. The van der Waals surface area contributed by atoms with E-state index in [9.17, 15) is 0 Å².